The molecule has 0 spiro atoms. The van der Waals surface area contributed by atoms with E-state index in [1.165, 1.54) is 24.3 Å². The first-order valence-electron chi connectivity index (χ1n) is 10.5. The first-order chi connectivity index (χ1) is 14.4. The first kappa shape index (κ1) is 21.8. The molecule has 1 saturated heterocycles. The molecule has 1 unspecified atom stereocenters. The number of hydrogen-bond acceptors (Lipinski definition) is 3. The predicted octanol–water partition coefficient (Wildman–Crippen LogP) is 4.88. The molecule has 1 fully saturated rings. The quantitative estimate of drug-likeness (QED) is 0.736. The van der Waals surface area contributed by atoms with Gasteiger partial charge in [-0.05, 0) is 67.5 Å². The Hall–Kier alpha value is -2.89. The van der Waals surface area contributed by atoms with Gasteiger partial charge in [-0.15, -0.1) is 0 Å². The topological polar surface area (TPSA) is 58.6 Å². The second-order valence-electron chi connectivity index (χ2n) is 8.22. The van der Waals surface area contributed by atoms with Crippen molar-refractivity contribution in [2.24, 2.45) is 11.8 Å². The number of benzene rings is 2. The average Bonchev–Trinajstić information content (AvgIpc) is 2.74. The summed E-state index contributed by atoms with van der Waals surface area (Å²) in [6.45, 7) is 5.45. The highest BCUT2D eigenvalue weighted by Gasteiger charge is 2.30. The van der Waals surface area contributed by atoms with Crippen molar-refractivity contribution in [1.82, 2.24) is 10.2 Å². The molecule has 30 heavy (non-hydrogen) atoms. The summed E-state index contributed by atoms with van der Waals surface area (Å²) in [5.41, 5.74) is 0.453. The molecule has 1 aliphatic rings. The van der Waals surface area contributed by atoms with Crippen molar-refractivity contribution < 1.29 is 18.7 Å². The number of piperidine rings is 1. The van der Waals surface area contributed by atoms with Gasteiger partial charge in [0.15, 0.2) is 0 Å². The summed E-state index contributed by atoms with van der Waals surface area (Å²) in [4.78, 5) is 26.8. The zero-order valence-electron chi connectivity index (χ0n) is 17.5. The number of amides is 2. The van der Waals surface area contributed by atoms with E-state index in [1.807, 2.05) is 18.2 Å². The van der Waals surface area contributed by atoms with E-state index < -0.39 is 0 Å². The Morgan fingerprint density at radius 3 is 2.30 bits per heavy atom. The molecule has 2 aromatic rings. The minimum Gasteiger partial charge on any atom is -0.410 e. The molecule has 160 valence electrons. The largest absolute Gasteiger partial charge is 0.415 e. The van der Waals surface area contributed by atoms with E-state index in [2.05, 4.69) is 19.2 Å². The van der Waals surface area contributed by atoms with Crippen LogP contribution in [-0.4, -0.2) is 36.0 Å². The third-order valence-electron chi connectivity index (χ3n) is 5.46. The third kappa shape index (κ3) is 6.05. The van der Waals surface area contributed by atoms with Gasteiger partial charge in [-0.25, -0.2) is 9.18 Å². The van der Waals surface area contributed by atoms with Gasteiger partial charge in [-0.1, -0.05) is 32.0 Å². The summed E-state index contributed by atoms with van der Waals surface area (Å²) in [5.74, 6) is 0.683. The van der Waals surface area contributed by atoms with Gasteiger partial charge in [0.1, 0.15) is 11.6 Å². The van der Waals surface area contributed by atoms with Gasteiger partial charge in [0.05, 0.1) is 0 Å². The van der Waals surface area contributed by atoms with Crippen LogP contribution in [0, 0.1) is 17.7 Å². The monoisotopic (exact) mass is 412 g/mol. The van der Waals surface area contributed by atoms with Gasteiger partial charge in [0.25, 0.3) is 5.91 Å². The molecule has 0 bridgehead atoms. The van der Waals surface area contributed by atoms with Gasteiger partial charge >= 0.3 is 6.09 Å². The number of hydrogen-bond donors (Lipinski definition) is 1. The molecule has 1 N–H and O–H groups in total. The Morgan fingerprint density at radius 2 is 1.70 bits per heavy atom. The Balaban J connectivity index is 1.57. The molecule has 2 aromatic carbocycles. The molecule has 6 heteroatoms. The SMILES string of the molecule is CC(C)CC(NC(=O)c1ccc(F)cc1)C1CCN(C(=O)Oc2ccccc2)CC1. The van der Waals surface area contributed by atoms with E-state index in [4.69, 9.17) is 4.74 Å². The number of rotatable bonds is 6. The lowest BCUT2D eigenvalue weighted by atomic mass is 9.85. The molecule has 1 heterocycles. The fourth-order valence-electron chi connectivity index (χ4n) is 3.87. The summed E-state index contributed by atoms with van der Waals surface area (Å²) >= 11 is 0. The van der Waals surface area contributed by atoms with Crippen LogP contribution in [0.3, 0.4) is 0 Å². The molecule has 0 aromatic heterocycles. The molecule has 5 nitrogen and oxygen atoms in total. The summed E-state index contributed by atoms with van der Waals surface area (Å²) in [6.07, 6.45) is 2.11. The number of para-hydroxylation sites is 1. The maximum Gasteiger partial charge on any atom is 0.415 e. The Kier molecular flexibility index (Phi) is 7.44. The Labute approximate surface area is 177 Å². The zero-order chi connectivity index (χ0) is 21.5. The molecule has 0 radical (unpaired) electrons. The number of carbonyl (C=O) groups is 2. The number of halogens is 1. The molecule has 0 aliphatic carbocycles. The molecule has 0 saturated carbocycles. The van der Waals surface area contributed by atoms with Crippen LogP contribution in [0.2, 0.25) is 0 Å². The van der Waals surface area contributed by atoms with Gasteiger partial charge < -0.3 is 15.0 Å². The van der Waals surface area contributed by atoms with Crippen LogP contribution in [0.15, 0.2) is 54.6 Å². The lowest BCUT2D eigenvalue weighted by molar-refractivity contribution is 0.0871. The van der Waals surface area contributed by atoms with E-state index in [1.54, 1.807) is 17.0 Å². The van der Waals surface area contributed by atoms with Crippen molar-refractivity contribution >= 4 is 12.0 Å². The van der Waals surface area contributed by atoms with Crippen LogP contribution in [0.25, 0.3) is 0 Å². The first-order valence-corrected chi connectivity index (χ1v) is 10.5. The average molecular weight is 413 g/mol. The standard InChI is InChI=1S/C24H29FN2O3/c1-17(2)16-22(26-23(28)19-8-10-20(25)11-9-19)18-12-14-27(15-13-18)24(29)30-21-6-4-3-5-7-21/h3-11,17-18,22H,12-16H2,1-2H3,(H,26,28). The number of carbonyl (C=O) groups excluding carboxylic acids is 2. The van der Waals surface area contributed by atoms with Crippen molar-refractivity contribution in [3.05, 3.63) is 66.0 Å². The summed E-state index contributed by atoms with van der Waals surface area (Å²) in [5, 5.41) is 3.14. The lowest BCUT2D eigenvalue weighted by Crippen LogP contribution is -2.47. The normalized spacial score (nSPS) is 15.7. The highest BCUT2D eigenvalue weighted by molar-refractivity contribution is 5.94. The molecule has 3 rings (SSSR count). The van der Waals surface area contributed by atoms with Gasteiger partial charge in [-0.3, -0.25) is 4.79 Å². The number of nitrogens with one attached hydrogen (secondary N) is 1. The van der Waals surface area contributed by atoms with Gasteiger partial charge in [-0.2, -0.15) is 0 Å². The summed E-state index contributed by atoms with van der Waals surface area (Å²) < 4.78 is 18.6. The van der Waals surface area contributed by atoms with E-state index in [0.29, 0.717) is 30.3 Å². The molecular weight excluding hydrogens is 383 g/mol. The van der Waals surface area contributed by atoms with E-state index >= 15 is 0 Å². The summed E-state index contributed by atoms with van der Waals surface area (Å²) in [6, 6.07) is 14.6. The van der Waals surface area contributed by atoms with Crippen LogP contribution in [0.1, 0.15) is 43.5 Å². The number of ether oxygens (including phenoxy) is 1. The predicted molar refractivity (Wildman–Crippen MR) is 114 cm³/mol. The van der Waals surface area contributed by atoms with Crippen LogP contribution in [0.5, 0.6) is 5.75 Å². The zero-order valence-corrected chi connectivity index (χ0v) is 17.5. The minimum atomic E-state index is -0.361. The molecule has 1 atom stereocenters. The van der Waals surface area contributed by atoms with Gasteiger partial charge in [0, 0.05) is 24.7 Å². The molecule has 1 aliphatic heterocycles. The minimum absolute atomic E-state index is 0.00912. The highest BCUT2D eigenvalue weighted by Crippen LogP contribution is 2.26. The van der Waals surface area contributed by atoms with Crippen molar-refractivity contribution in [3.63, 3.8) is 0 Å². The molecular formula is C24H29FN2O3. The Morgan fingerprint density at radius 1 is 1.07 bits per heavy atom. The van der Waals surface area contributed by atoms with Crippen molar-refractivity contribution in [3.8, 4) is 5.75 Å². The second-order valence-corrected chi connectivity index (χ2v) is 8.22. The van der Waals surface area contributed by atoms with E-state index in [-0.39, 0.29) is 29.8 Å². The second kappa shape index (κ2) is 10.2. The maximum absolute atomic E-state index is 13.1. The summed E-state index contributed by atoms with van der Waals surface area (Å²) in [7, 11) is 0. The van der Waals surface area contributed by atoms with Crippen molar-refractivity contribution in [1.29, 1.82) is 0 Å². The fourth-order valence-corrected chi connectivity index (χ4v) is 3.87. The lowest BCUT2D eigenvalue weighted by Gasteiger charge is -2.36. The van der Waals surface area contributed by atoms with Crippen LogP contribution in [-0.2, 0) is 0 Å². The van der Waals surface area contributed by atoms with Crippen LogP contribution in [0.4, 0.5) is 9.18 Å². The number of likely N-dealkylation sites (tertiary alicyclic amines) is 1. The van der Waals surface area contributed by atoms with Crippen LogP contribution < -0.4 is 10.1 Å². The fraction of sp³-hybridized carbons (Fsp3) is 0.417. The van der Waals surface area contributed by atoms with E-state index in [0.717, 1.165) is 19.3 Å². The molecule has 2 amide bonds. The van der Waals surface area contributed by atoms with Crippen molar-refractivity contribution in [2.45, 2.75) is 39.2 Å². The highest BCUT2D eigenvalue weighted by atomic mass is 19.1. The Bertz CT molecular complexity index is 831. The maximum atomic E-state index is 13.1. The smallest absolute Gasteiger partial charge is 0.410 e. The van der Waals surface area contributed by atoms with E-state index in [9.17, 15) is 14.0 Å². The van der Waals surface area contributed by atoms with Gasteiger partial charge in [0.2, 0.25) is 0 Å². The van der Waals surface area contributed by atoms with Crippen LogP contribution >= 0.6 is 0 Å². The number of nitrogens with zero attached hydrogens (tertiary/aromatic N) is 1. The third-order valence-corrected chi connectivity index (χ3v) is 5.46. The van der Waals surface area contributed by atoms with Crippen molar-refractivity contribution in [2.75, 3.05) is 13.1 Å².